The molecule has 21 heavy (non-hydrogen) atoms. The first-order valence-electron chi connectivity index (χ1n) is 8.17. The standard InChI is InChI=1S/C16H30N4O/c1-5-12(16(2,3)21)7-9-20(4)15-13-10-17-8-6-14(13)18-11-19-15/h11-14,17,21H,5-10H2,1-4H3. The summed E-state index contributed by atoms with van der Waals surface area (Å²) in [7, 11) is 2.11. The van der Waals surface area contributed by atoms with Gasteiger partial charge in [-0.1, -0.05) is 13.3 Å². The highest BCUT2D eigenvalue weighted by molar-refractivity contribution is 5.93. The number of aliphatic imine (C=N–C) groups is 2. The van der Waals surface area contributed by atoms with Crippen molar-refractivity contribution in [2.75, 3.05) is 26.7 Å². The van der Waals surface area contributed by atoms with Gasteiger partial charge >= 0.3 is 0 Å². The molecule has 0 bridgehead atoms. The lowest BCUT2D eigenvalue weighted by Crippen LogP contribution is -2.50. The molecule has 0 aliphatic carbocycles. The van der Waals surface area contributed by atoms with Crippen LogP contribution in [0.15, 0.2) is 9.98 Å². The number of aliphatic hydroxyl groups is 1. The van der Waals surface area contributed by atoms with Gasteiger partial charge in [-0.25, -0.2) is 4.99 Å². The zero-order valence-corrected chi connectivity index (χ0v) is 13.8. The molecule has 2 heterocycles. The fourth-order valence-corrected chi connectivity index (χ4v) is 3.46. The molecule has 3 unspecified atom stereocenters. The zero-order valence-electron chi connectivity index (χ0n) is 13.8. The predicted octanol–water partition coefficient (Wildman–Crippen LogP) is 1.52. The van der Waals surface area contributed by atoms with Crippen molar-refractivity contribution in [2.45, 2.75) is 51.7 Å². The Bertz CT molecular complexity index is 400. The molecule has 5 nitrogen and oxygen atoms in total. The van der Waals surface area contributed by atoms with Crippen molar-refractivity contribution in [3.8, 4) is 0 Å². The van der Waals surface area contributed by atoms with Crippen LogP contribution >= 0.6 is 0 Å². The Hall–Kier alpha value is -0.940. The molecule has 0 radical (unpaired) electrons. The molecule has 120 valence electrons. The topological polar surface area (TPSA) is 60.2 Å². The van der Waals surface area contributed by atoms with E-state index in [1.165, 1.54) is 0 Å². The van der Waals surface area contributed by atoms with Crippen LogP contribution < -0.4 is 5.32 Å². The van der Waals surface area contributed by atoms with Crippen LogP contribution in [0.2, 0.25) is 0 Å². The molecular weight excluding hydrogens is 264 g/mol. The highest BCUT2D eigenvalue weighted by Gasteiger charge is 2.33. The van der Waals surface area contributed by atoms with E-state index in [1.54, 1.807) is 6.34 Å². The summed E-state index contributed by atoms with van der Waals surface area (Å²) in [4.78, 5) is 11.3. The van der Waals surface area contributed by atoms with E-state index in [0.717, 1.165) is 44.7 Å². The molecule has 2 rings (SSSR count). The molecule has 2 N–H and O–H groups in total. The van der Waals surface area contributed by atoms with Gasteiger partial charge in [-0.05, 0) is 39.2 Å². The minimum Gasteiger partial charge on any atom is -0.390 e. The normalized spacial score (nSPS) is 27.0. The Kier molecular flexibility index (Phi) is 5.38. The van der Waals surface area contributed by atoms with Crippen LogP contribution in [0.5, 0.6) is 0 Å². The molecule has 1 saturated heterocycles. The molecule has 1 fully saturated rings. The van der Waals surface area contributed by atoms with Crippen LogP contribution in [0.1, 0.15) is 40.0 Å². The van der Waals surface area contributed by atoms with Gasteiger partial charge < -0.3 is 15.3 Å². The average Bonchev–Trinajstić information content (AvgIpc) is 2.45. The van der Waals surface area contributed by atoms with E-state index in [9.17, 15) is 5.11 Å². The van der Waals surface area contributed by atoms with E-state index >= 15 is 0 Å². The SMILES string of the molecule is CCC(CCN(C)C1=NC=NC2CCNCC12)C(C)(C)O. The first-order chi connectivity index (χ1) is 9.93. The Morgan fingerprint density at radius 2 is 2.29 bits per heavy atom. The Balaban J connectivity index is 1.95. The monoisotopic (exact) mass is 294 g/mol. The minimum absolute atomic E-state index is 0.318. The van der Waals surface area contributed by atoms with Crippen LogP contribution in [0.3, 0.4) is 0 Å². The quantitative estimate of drug-likeness (QED) is 0.808. The van der Waals surface area contributed by atoms with E-state index < -0.39 is 5.60 Å². The fourth-order valence-electron chi connectivity index (χ4n) is 3.46. The molecule has 0 aromatic rings. The second-order valence-electron chi connectivity index (χ2n) is 6.89. The second kappa shape index (κ2) is 6.88. The molecule has 0 aromatic carbocycles. The van der Waals surface area contributed by atoms with Crippen molar-refractivity contribution in [3.05, 3.63) is 0 Å². The van der Waals surface area contributed by atoms with Gasteiger partial charge in [-0.3, -0.25) is 4.99 Å². The molecule has 2 aliphatic heterocycles. The lowest BCUT2D eigenvalue weighted by Gasteiger charge is -2.37. The van der Waals surface area contributed by atoms with Gasteiger partial charge in [0.15, 0.2) is 0 Å². The van der Waals surface area contributed by atoms with E-state index in [1.807, 2.05) is 13.8 Å². The van der Waals surface area contributed by atoms with E-state index in [0.29, 0.717) is 17.9 Å². The van der Waals surface area contributed by atoms with Crippen molar-refractivity contribution in [3.63, 3.8) is 0 Å². The third-order valence-corrected chi connectivity index (χ3v) is 4.92. The number of hydrogen-bond acceptors (Lipinski definition) is 5. The Labute approximate surface area is 128 Å². The van der Waals surface area contributed by atoms with Gasteiger partial charge in [0.25, 0.3) is 0 Å². The summed E-state index contributed by atoms with van der Waals surface area (Å²) >= 11 is 0. The summed E-state index contributed by atoms with van der Waals surface area (Å²) < 4.78 is 0. The van der Waals surface area contributed by atoms with Crippen molar-refractivity contribution in [1.82, 2.24) is 10.2 Å². The molecule has 3 atom stereocenters. The summed E-state index contributed by atoms with van der Waals surface area (Å²) in [6.45, 7) is 8.91. The number of nitrogens with one attached hydrogen (secondary N) is 1. The number of rotatable bonds is 5. The van der Waals surface area contributed by atoms with Crippen molar-refractivity contribution < 1.29 is 5.11 Å². The highest BCUT2D eigenvalue weighted by Crippen LogP contribution is 2.25. The lowest BCUT2D eigenvalue weighted by atomic mass is 9.85. The first-order valence-corrected chi connectivity index (χ1v) is 8.17. The van der Waals surface area contributed by atoms with Crippen LogP contribution in [-0.4, -0.2) is 60.5 Å². The number of amidine groups is 1. The number of nitrogens with zero attached hydrogens (tertiary/aromatic N) is 3. The average molecular weight is 294 g/mol. The summed E-state index contributed by atoms with van der Waals surface area (Å²) in [6.07, 6.45) is 4.80. The molecule has 2 aliphatic rings. The Morgan fingerprint density at radius 1 is 1.52 bits per heavy atom. The molecule has 0 amide bonds. The minimum atomic E-state index is -0.611. The fraction of sp³-hybridized carbons (Fsp3) is 0.875. The molecule has 0 saturated carbocycles. The van der Waals surface area contributed by atoms with Crippen molar-refractivity contribution in [1.29, 1.82) is 0 Å². The van der Waals surface area contributed by atoms with Gasteiger partial charge in [0, 0.05) is 20.1 Å². The summed E-state index contributed by atoms with van der Waals surface area (Å²) in [6, 6.07) is 0.387. The van der Waals surface area contributed by atoms with Crippen LogP contribution in [-0.2, 0) is 0 Å². The van der Waals surface area contributed by atoms with Gasteiger partial charge in [0.05, 0.1) is 17.6 Å². The number of fused-ring (bicyclic) bond motifs is 1. The van der Waals surface area contributed by atoms with Gasteiger partial charge in [-0.2, -0.15) is 0 Å². The third kappa shape index (κ3) is 4.04. The maximum absolute atomic E-state index is 10.2. The van der Waals surface area contributed by atoms with Crippen molar-refractivity contribution in [2.24, 2.45) is 21.8 Å². The van der Waals surface area contributed by atoms with Gasteiger partial charge in [0.2, 0.25) is 0 Å². The number of hydrogen-bond donors (Lipinski definition) is 2. The van der Waals surface area contributed by atoms with Gasteiger partial charge in [0.1, 0.15) is 12.2 Å². The zero-order chi connectivity index (χ0) is 15.5. The number of piperidine rings is 1. The lowest BCUT2D eigenvalue weighted by molar-refractivity contribution is 0.00978. The summed E-state index contributed by atoms with van der Waals surface area (Å²) in [5, 5.41) is 13.7. The molecule has 5 heteroatoms. The van der Waals surface area contributed by atoms with E-state index in [2.05, 4.69) is 34.2 Å². The smallest absolute Gasteiger partial charge is 0.112 e. The Morgan fingerprint density at radius 3 is 2.95 bits per heavy atom. The highest BCUT2D eigenvalue weighted by atomic mass is 16.3. The van der Waals surface area contributed by atoms with Crippen LogP contribution in [0.4, 0.5) is 0 Å². The maximum Gasteiger partial charge on any atom is 0.112 e. The largest absolute Gasteiger partial charge is 0.390 e. The van der Waals surface area contributed by atoms with Crippen molar-refractivity contribution >= 4 is 12.2 Å². The van der Waals surface area contributed by atoms with Gasteiger partial charge in [-0.15, -0.1) is 0 Å². The first kappa shape index (κ1) is 16.4. The summed E-state index contributed by atoms with van der Waals surface area (Å²) in [5.74, 6) is 1.86. The van der Waals surface area contributed by atoms with Crippen LogP contribution in [0, 0.1) is 11.8 Å². The summed E-state index contributed by atoms with van der Waals surface area (Å²) in [5.41, 5.74) is -0.611. The van der Waals surface area contributed by atoms with E-state index in [4.69, 9.17) is 0 Å². The maximum atomic E-state index is 10.2. The molecule has 0 aromatic heterocycles. The predicted molar refractivity (Wildman–Crippen MR) is 88.0 cm³/mol. The molecular formula is C16H30N4O. The second-order valence-corrected chi connectivity index (χ2v) is 6.89. The van der Waals surface area contributed by atoms with Crippen LogP contribution in [0.25, 0.3) is 0 Å². The molecule has 0 spiro atoms. The third-order valence-electron chi connectivity index (χ3n) is 4.92. The van der Waals surface area contributed by atoms with E-state index in [-0.39, 0.29) is 0 Å².